The van der Waals surface area contributed by atoms with Crippen molar-refractivity contribution in [1.82, 2.24) is 4.90 Å². The summed E-state index contributed by atoms with van der Waals surface area (Å²) in [6.45, 7) is 7.30. The summed E-state index contributed by atoms with van der Waals surface area (Å²) in [4.78, 5) is 14.4. The van der Waals surface area contributed by atoms with Crippen LogP contribution in [0.5, 0.6) is 17.2 Å². The first-order valence-electron chi connectivity index (χ1n) is 10.0. The minimum Gasteiger partial charge on any atom is -0.508 e. The molecule has 3 N–H and O–H groups in total. The van der Waals surface area contributed by atoms with E-state index in [9.17, 15) is 20.1 Å². The van der Waals surface area contributed by atoms with Crippen molar-refractivity contribution in [2.75, 3.05) is 19.7 Å². The third kappa shape index (κ3) is 4.93. The maximum absolute atomic E-state index is 12.8. The number of ether oxygens (including phenoxy) is 1. The number of benzene rings is 2. The van der Waals surface area contributed by atoms with Crippen LogP contribution in [0, 0.1) is 5.41 Å². The van der Waals surface area contributed by atoms with Crippen molar-refractivity contribution < 1.29 is 24.9 Å². The van der Waals surface area contributed by atoms with E-state index in [-0.39, 0.29) is 33.6 Å². The number of phenols is 3. The third-order valence-electron chi connectivity index (χ3n) is 5.40. The van der Waals surface area contributed by atoms with Gasteiger partial charge >= 0.3 is 6.09 Å². The quantitative estimate of drug-likeness (QED) is 0.591. The normalized spacial score (nSPS) is 16.7. The van der Waals surface area contributed by atoms with Crippen LogP contribution >= 0.6 is 11.6 Å². The van der Waals surface area contributed by atoms with E-state index in [1.54, 1.807) is 29.2 Å². The Hall–Kier alpha value is -2.60. The van der Waals surface area contributed by atoms with Crippen molar-refractivity contribution >= 4 is 17.7 Å². The number of phenolic OH excluding ortho intramolecular Hbond substituents is 3. The van der Waals surface area contributed by atoms with Crippen LogP contribution in [-0.2, 0) is 11.2 Å². The van der Waals surface area contributed by atoms with Gasteiger partial charge in [-0.2, -0.15) is 0 Å². The largest absolute Gasteiger partial charge is 0.508 e. The Bertz CT molecular complexity index is 921. The van der Waals surface area contributed by atoms with E-state index >= 15 is 0 Å². The zero-order valence-corrected chi connectivity index (χ0v) is 18.2. The standard InChI is InChI=1S/C23H28ClNO5/c1-23(2,3)9-11-30-22(29)25-10-8-16-17(12-19(27)21(28)20(16)24)18(13-25)14-4-6-15(26)7-5-14/h4-7,12,18,26-28H,8-11,13H2,1-3H3. The molecule has 30 heavy (non-hydrogen) atoms. The Balaban J connectivity index is 1.93. The van der Waals surface area contributed by atoms with E-state index in [4.69, 9.17) is 16.3 Å². The van der Waals surface area contributed by atoms with Crippen LogP contribution < -0.4 is 0 Å². The Morgan fingerprint density at radius 1 is 1.20 bits per heavy atom. The van der Waals surface area contributed by atoms with E-state index in [1.807, 2.05) is 0 Å². The number of rotatable bonds is 3. The van der Waals surface area contributed by atoms with Gasteiger partial charge in [-0.25, -0.2) is 4.79 Å². The van der Waals surface area contributed by atoms with Gasteiger partial charge in [-0.3, -0.25) is 0 Å². The second kappa shape index (κ2) is 8.64. The summed E-state index contributed by atoms with van der Waals surface area (Å²) in [6, 6.07) is 8.20. The highest BCUT2D eigenvalue weighted by atomic mass is 35.5. The number of aromatic hydroxyl groups is 3. The highest BCUT2D eigenvalue weighted by Crippen LogP contribution is 2.43. The molecule has 0 radical (unpaired) electrons. The molecular weight excluding hydrogens is 406 g/mol. The van der Waals surface area contributed by atoms with Gasteiger partial charge in [0, 0.05) is 19.0 Å². The Morgan fingerprint density at radius 2 is 1.87 bits per heavy atom. The molecule has 1 amide bonds. The van der Waals surface area contributed by atoms with Gasteiger partial charge in [0.05, 0.1) is 11.6 Å². The average Bonchev–Trinajstić information content (AvgIpc) is 2.86. The third-order valence-corrected chi connectivity index (χ3v) is 5.80. The van der Waals surface area contributed by atoms with Crippen LogP contribution in [0.3, 0.4) is 0 Å². The molecule has 0 bridgehead atoms. The Labute approximate surface area is 181 Å². The van der Waals surface area contributed by atoms with Crippen molar-refractivity contribution in [2.45, 2.75) is 39.5 Å². The molecule has 0 fully saturated rings. The van der Waals surface area contributed by atoms with E-state index in [1.165, 1.54) is 6.07 Å². The van der Waals surface area contributed by atoms with Crippen LogP contribution in [0.2, 0.25) is 5.02 Å². The number of hydrogen-bond donors (Lipinski definition) is 3. The van der Waals surface area contributed by atoms with E-state index < -0.39 is 6.09 Å². The number of nitrogens with zero attached hydrogens (tertiary/aromatic N) is 1. The molecule has 1 unspecified atom stereocenters. The smallest absolute Gasteiger partial charge is 0.409 e. The lowest BCUT2D eigenvalue weighted by molar-refractivity contribution is 0.0922. The molecule has 0 spiro atoms. The summed E-state index contributed by atoms with van der Waals surface area (Å²) in [5, 5.41) is 30.0. The summed E-state index contributed by atoms with van der Waals surface area (Å²) in [7, 11) is 0. The second-order valence-electron chi connectivity index (χ2n) is 8.89. The lowest BCUT2D eigenvalue weighted by atomic mass is 9.87. The topological polar surface area (TPSA) is 90.2 Å². The highest BCUT2D eigenvalue weighted by Gasteiger charge is 2.31. The second-order valence-corrected chi connectivity index (χ2v) is 9.27. The van der Waals surface area contributed by atoms with Gasteiger partial charge in [0.1, 0.15) is 5.75 Å². The van der Waals surface area contributed by atoms with Crippen molar-refractivity contribution in [3.63, 3.8) is 0 Å². The van der Waals surface area contributed by atoms with Gasteiger partial charge in [-0.15, -0.1) is 0 Å². The molecule has 0 saturated carbocycles. The number of carbonyl (C=O) groups excluding carboxylic acids is 1. The van der Waals surface area contributed by atoms with Crippen molar-refractivity contribution in [1.29, 1.82) is 0 Å². The molecule has 2 aromatic carbocycles. The van der Waals surface area contributed by atoms with Gasteiger partial charge in [0.25, 0.3) is 0 Å². The first-order chi connectivity index (χ1) is 14.1. The predicted octanol–water partition coefficient (Wildman–Crippen LogP) is 5.02. The number of halogens is 1. The molecule has 162 valence electrons. The molecular formula is C23H28ClNO5. The van der Waals surface area contributed by atoms with Gasteiger partial charge in [-0.05, 0) is 53.1 Å². The minimum absolute atomic E-state index is 0.0620. The molecule has 1 atom stereocenters. The number of hydrogen-bond acceptors (Lipinski definition) is 5. The van der Waals surface area contributed by atoms with Crippen LogP contribution in [-0.4, -0.2) is 46.0 Å². The summed E-state index contributed by atoms with van der Waals surface area (Å²) in [6.07, 6.45) is 0.771. The van der Waals surface area contributed by atoms with Crippen LogP contribution in [0.15, 0.2) is 30.3 Å². The van der Waals surface area contributed by atoms with Crippen molar-refractivity contribution in [2.24, 2.45) is 5.41 Å². The average molecular weight is 434 g/mol. The maximum atomic E-state index is 12.8. The van der Waals surface area contributed by atoms with Gasteiger partial charge in [0.15, 0.2) is 11.5 Å². The monoisotopic (exact) mass is 433 g/mol. The fourth-order valence-electron chi connectivity index (χ4n) is 3.60. The lowest BCUT2D eigenvalue weighted by Crippen LogP contribution is -2.35. The van der Waals surface area contributed by atoms with Crippen molar-refractivity contribution in [3.8, 4) is 17.2 Å². The molecule has 0 aromatic heterocycles. The minimum atomic E-state index is -0.402. The zero-order valence-electron chi connectivity index (χ0n) is 17.5. The molecule has 7 heteroatoms. The number of carbonyl (C=O) groups is 1. The van der Waals surface area contributed by atoms with E-state index in [0.29, 0.717) is 31.7 Å². The molecule has 3 rings (SSSR count). The molecule has 0 aliphatic carbocycles. The molecule has 2 aromatic rings. The fraction of sp³-hybridized carbons (Fsp3) is 0.435. The summed E-state index contributed by atoms with van der Waals surface area (Å²) < 4.78 is 5.51. The summed E-state index contributed by atoms with van der Waals surface area (Å²) in [5.74, 6) is -0.829. The van der Waals surface area contributed by atoms with E-state index in [2.05, 4.69) is 20.8 Å². The highest BCUT2D eigenvalue weighted by molar-refractivity contribution is 6.33. The first kappa shape index (κ1) is 22.1. The molecule has 0 saturated heterocycles. The SMILES string of the molecule is CC(C)(C)CCOC(=O)N1CCc2c(cc(O)c(O)c2Cl)C(c2ccc(O)cc2)C1. The zero-order chi connectivity index (χ0) is 22.1. The van der Waals surface area contributed by atoms with Gasteiger partial charge in [-0.1, -0.05) is 44.5 Å². The van der Waals surface area contributed by atoms with Gasteiger partial charge < -0.3 is 25.0 Å². The predicted molar refractivity (Wildman–Crippen MR) is 115 cm³/mol. The Morgan fingerprint density at radius 3 is 2.50 bits per heavy atom. The number of fused-ring (bicyclic) bond motifs is 1. The van der Waals surface area contributed by atoms with Crippen LogP contribution in [0.1, 0.15) is 49.8 Å². The summed E-state index contributed by atoms with van der Waals surface area (Å²) >= 11 is 6.34. The fourth-order valence-corrected chi connectivity index (χ4v) is 3.90. The van der Waals surface area contributed by atoms with Crippen LogP contribution in [0.25, 0.3) is 0 Å². The van der Waals surface area contributed by atoms with Crippen LogP contribution in [0.4, 0.5) is 4.79 Å². The molecule has 1 heterocycles. The first-order valence-corrected chi connectivity index (χ1v) is 10.4. The molecule has 1 aliphatic rings. The van der Waals surface area contributed by atoms with Crippen molar-refractivity contribution in [3.05, 3.63) is 52.0 Å². The summed E-state index contributed by atoms with van der Waals surface area (Å²) in [5.41, 5.74) is 2.34. The molecule has 6 nitrogen and oxygen atoms in total. The van der Waals surface area contributed by atoms with E-state index in [0.717, 1.165) is 17.5 Å². The lowest BCUT2D eigenvalue weighted by Gasteiger charge is -2.26. The number of amides is 1. The van der Waals surface area contributed by atoms with Gasteiger partial charge in [0.2, 0.25) is 0 Å². The maximum Gasteiger partial charge on any atom is 0.409 e. The Kier molecular flexibility index (Phi) is 6.36. The molecule has 1 aliphatic heterocycles.